The quantitative estimate of drug-likeness (QED) is 0.0986. The predicted molar refractivity (Wildman–Crippen MR) is 227 cm³/mol. The van der Waals surface area contributed by atoms with E-state index in [4.69, 9.17) is 10.4 Å². The van der Waals surface area contributed by atoms with Gasteiger partial charge in [0, 0.05) is 41.3 Å². The summed E-state index contributed by atoms with van der Waals surface area (Å²) in [6, 6.07) is 20.9. The first-order chi connectivity index (χ1) is 25.5. The predicted octanol–water partition coefficient (Wildman–Crippen LogP) is 12.3. The highest BCUT2D eigenvalue weighted by atomic mass is 32.1. The highest BCUT2D eigenvalue weighted by Gasteiger charge is 2.13. The van der Waals surface area contributed by atoms with E-state index in [-0.39, 0.29) is 6.04 Å². The molecule has 0 bridgehead atoms. The normalized spacial score (nSPS) is 15.3. The molecule has 1 atom stereocenters. The summed E-state index contributed by atoms with van der Waals surface area (Å²) in [6.45, 7) is 10.7. The number of hydrogen-bond donors (Lipinski definition) is 1. The molecule has 5 heteroatoms. The van der Waals surface area contributed by atoms with Gasteiger partial charge in [-0.25, -0.2) is 0 Å². The molecule has 3 heterocycles. The van der Waals surface area contributed by atoms with Crippen LogP contribution in [0.4, 0.5) is 0 Å². The number of hydrogen-bond acceptors (Lipinski definition) is 5. The van der Waals surface area contributed by atoms with Crippen molar-refractivity contribution in [2.75, 3.05) is 0 Å². The van der Waals surface area contributed by atoms with Crippen molar-refractivity contribution in [2.24, 2.45) is 4.99 Å². The van der Waals surface area contributed by atoms with Gasteiger partial charge in [0.2, 0.25) is 0 Å². The second-order valence-corrected chi connectivity index (χ2v) is 13.1. The zero-order valence-corrected chi connectivity index (χ0v) is 30.0. The number of thiophene rings is 1. The van der Waals surface area contributed by atoms with Crippen LogP contribution in [0.2, 0.25) is 0 Å². The number of nitrogens with one attached hydrogen (secondary N) is 1. The van der Waals surface area contributed by atoms with Crippen molar-refractivity contribution in [1.29, 1.82) is 5.41 Å². The second kappa shape index (κ2) is 17.6. The molecule has 2 aromatic carbocycles. The highest BCUT2D eigenvalue weighted by Crippen LogP contribution is 2.32. The first-order valence-electron chi connectivity index (χ1n) is 17.1. The molecule has 5 aromatic rings. The smallest absolute Gasteiger partial charge is 0.0725 e. The summed E-state index contributed by atoms with van der Waals surface area (Å²) < 4.78 is 1.26. The topological polar surface area (TPSA) is 62.0 Å². The van der Waals surface area contributed by atoms with Gasteiger partial charge in [0.05, 0.1) is 11.8 Å². The third kappa shape index (κ3) is 8.88. The molecule has 0 saturated heterocycles. The van der Waals surface area contributed by atoms with Gasteiger partial charge in [0.1, 0.15) is 0 Å². The maximum atomic E-state index is 7.68. The van der Waals surface area contributed by atoms with E-state index in [2.05, 4.69) is 127 Å². The minimum Gasteiger partial charge on any atom is -0.309 e. The largest absolute Gasteiger partial charge is 0.309 e. The molecule has 0 radical (unpaired) electrons. The van der Waals surface area contributed by atoms with Crippen molar-refractivity contribution in [3.05, 3.63) is 198 Å². The number of allylic oxidation sites excluding steroid dienone is 10. The lowest BCUT2D eigenvalue weighted by Crippen LogP contribution is -2.10. The van der Waals surface area contributed by atoms with E-state index >= 15 is 0 Å². The molecule has 6 rings (SSSR count). The monoisotopic (exact) mass is 692 g/mol. The maximum absolute atomic E-state index is 7.68. The molecule has 4 nitrogen and oxygen atoms in total. The lowest BCUT2D eigenvalue weighted by atomic mass is 9.92. The van der Waals surface area contributed by atoms with Gasteiger partial charge in [0.25, 0.3) is 0 Å². The highest BCUT2D eigenvalue weighted by molar-refractivity contribution is 7.17. The molecular formula is C47H40N4S. The molecule has 0 amide bonds. The average Bonchev–Trinajstić information content (AvgIpc) is 3.62. The second-order valence-electron chi connectivity index (χ2n) is 12.2. The Morgan fingerprint density at radius 3 is 2.56 bits per heavy atom. The van der Waals surface area contributed by atoms with Crippen molar-refractivity contribution in [3.8, 4) is 11.1 Å². The summed E-state index contributed by atoms with van der Waals surface area (Å²) in [5.74, 6) is 0. The lowest BCUT2D eigenvalue weighted by molar-refractivity contribution is 0.828. The number of aliphatic imine (C=N–C) groups is 1. The van der Waals surface area contributed by atoms with Crippen LogP contribution >= 0.6 is 11.3 Å². The van der Waals surface area contributed by atoms with Gasteiger partial charge in [-0.05, 0) is 105 Å². The molecule has 3 aromatic heterocycles. The molecule has 0 spiro atoms. The Bertz CT molecular complexity index is 2340. The summed E-state index contributed by atoms with van der Waals surface area (Å²) in [6.07, 6.45) is 35.9. The van der Waals surface area contributed by atoms with Crippen LogP contribution in [0.5, 0.6) is 0 Å². The summed E-state index contributed by atoms with van der Waals surface area (Å²) in [4.78, 5) is 13.8. The fraction of sp³-hybridized carbons (Fsp3) is 0.0638. The van der Waals surface area contributed by atoms with Crippen molar-refractivity contribution in [2.45, 2.75) is 19.4 Å². The van der Waals surface area contributed by atoms with Gasteiger partial charge >= 0.3 is 0 Å². The van der Waals surface area contributed by atoms with Gasteiger partial charge in [-0.3, -0.25) is 15.0 Å². The van der Waals surface area contributed by atoms with Crippen LogP contribution < -0.4 is 0 Å². The van der Waals surface area contributed by atoms with E-state index in [9.17, 15) is 0 Å². The molecular weight excluding hydrogens is 653 g/mol. The Morgan fingerprint density at radius 2 is 1.75 bits per heavy atom. The van der Waals surface area contributed by atoms with Crippen LogP contribution in [-0.4, -0.2) is 27.9 Å². The molecule has 254 valence electrons. The Morgan fingerprint density at radius 1 is 0.885 bits per heavy atom. The molecule has 0 saturated carbocycles. The zero-order chi connectivity index (χ0) is 36.1. The average molecular weight is 693 g/mol. The zero-order valence-electron chi connectivity index (χ0n) is 29.2. The first kappa shape index (κ1) is 35.5. The summed E-state index contributed by atoms with van der Waals surface area (Å²) in [5, 5.41) is 11.1. The third-order valence-corrected chi connectivity index (χ3v) is 9.68. The van der Waals surface area contributed by atoms with Crippen molar-refractivity contribution in [3.63, 3.8) is 0 Å². The Balaban J connectivity index is 1.33. The minimum atomic E-state index is 0.0218. The summed E-state index contributed by atoms with van der Waals surface area (Å²) >= 11 is 1.74. The number of pyridine rings is 2. The van der Waals surface area contributed by atoms with Gasteiger partial charge in [-0.1, -0.05) is 122 Å². The van der Waals surface area contributed by atoms with Crippen molar-refractivity contribution >= 4 is 63.2 Å². The van der Waals surface area contributed by atoms with Gasteiger partial charge in [0.15, 0.2) is 0 Å². The molecule has 0 fully saturated rings. The molecule has 1 aliphatic carbocycles. The first-order valence-corrected chi connectivity index (χ1v) is 18.0. The molecule has 0 aliphatic heterocycles. The Labute approximate surface area is 310 Å². The number of benzene rings is 2. The molecule has 1 unspecified atom stereocenters. The minimum absolute atomic E-state index is 0.0218. The van der Waals surface area contributed by atoms with E-state index in [0.717, 1.165) is 62.2 Å². The van der Waals surface area contributed by atoms with Crippen molar-refractivity contribution < 1.29 is 0 Å². The molecule has 52 heavy (non-hydrogen) atoms. The van der Waals surface area contributed by atoms with Crippen LogP contribution in [0.3, 0.4) is 0 Å². The number of aromatic nitrogens is 2. The lowest BCUT2D eigenvalue weighted by Gasteiger charge is -2.14. The van der Waals surface area contributed by atoms with E-state index in [1.165, 1.54) is 21.9 Å². The number of rotatable bonds is 13. The van der Waals surface area contributed by atoms with Crippen LogP contribution in [0.1, 0.15) is 41.2 Å². The maximum Gasteiger partial charge on any atom is 0.0725 e. The van der Waals surface area contributed by atoms with Gasteiger partial charge in [-0.2, -0.15) is 0 Å². The van der Waals surface area contributed by atoms with Gasteiger partial charge < -0.3 is 5.41 Å². The Kier molecular flexibility index (Phi) is 12.0. The SMILES string of the molecule is C=CC(=C\C=C(/C)c1ccc(-c2ccncc2/C=C\c2cccnc2)c(/C=C\C=N)c1)/C(=N/C1C=CC=CC1)C(=C)/C=C\c1csc2ccccc12. The Hall–Kier alpha value is -6.30. The standard InChI is InChI=1S/C47H40N4S/c1-4-37(47(51-42-14-6-5-7-15-42)35(3)19-22-41-33-52-46-17-9-8-16-45(41)46)21-18-34(2)38-24-25-43(39(30-38)13-10-27-48)44-26-29-50-32-40(44)23-20-36-12-11-28-49-31-36/h4-14,16-33,42,48H,1,3,15H2,2H3/b13-10-,22-19-,23-20-,34-18+,37-21+,48-27?,51-47+. The van der Waals surface area contributed by atoms with Crippen LogP contribution in [0.25, 0.3) is 51.1 Å². The van der Waals surface area contributed by atoms with Gasteiger partial charge in [-0.15, -0.1) is 11.3 Å². The van der Waals surface area contributed by atoms with E-state index in [0.29, 0.717) is 0 Å². The van der Waals surface area contributed by atoms with Crippen LogP contribution in [0.15, 0.2) is 175 Å². The third-order valence-electron chi connectivity index (χ3n) is 8.70. The summed E-state index contributed by atoms with van der Waals surface area (Å²) in [5.41, 5.74) is 11.0. The van der Waals surface area contributed by atoms with E-state index < -0.39 is 0 Å². The van der Waals surface area contributed by atoms with E-state index in [1.807, 2.05) is 61.1 Å². The summed E-state index contributed by atoms with van der Waals surface area (Å²) in [7, 11) is 0. The molecule has 1 N–H and O–H groups in total. The number of fused-ring (bicyclic) bond motifs is 1. The van der Waals surface area contributed by atoms with Crippen molar-refractivity contribution in [1.82, 2.24) is 9.97 Å². The van der Waals surface area contributed by atoms with E-state index in [1.54, 1.807) is 23.6 Å². The van der Waals surface area contributed by atoms with Crippen LogP contribution in [0, 0.1) is 5.41 Å². The van der Waals surface area contributed by atoms with Crippen LogP contribution in [-0.2, 0) is 0 Å². The number of nitrogens with zero attached hydrogens (tertiary/aromatic N) is 3. The molecule has 1 aliphatic rings. The fourth-order valence-corrected chi connectivity index (χ4v) is 6.84. The fourth-order valence-electron chi connectivity index (χ4n) is 5.91.